The van der Waals surface area contributed by atoms with Crippen molar-refractivity contribution in [1.82, 2.24) is 20.3 Å². The molecule has 0 aromatic heterocycles. The molecule has 3 rings (SSSR count). The Morgan fingerprint density at radius 2 is 1.53 bits per heavy atom. The minimum atomic E-state index is -4.91. The van der Waals surface area contributed by atoms with E-state index >= 15 is 0 Å². The van der Waals surface area contributed by atoms with Crippen LogP contribution < -0.4 is 5.48 Å². The standard InChI is InChI=1S/C34H63N5O9S/c1-7-11-21-39(22-12-8-2,23-13-9-3)28(14-10-4)24-34(5,6)30(26-17-19-36(20-18-26)33(42)43)47-35-31(40)29-16-15-27-25-37(29)32(41)38(27)48-49(44,45)46/h26-30H,7-25H2,1-6H3,(H2-,35,40,42,43,44,45,46)/p+1/t27-,28?,29+,30?/m1/s1. The fourth-order valence-electron chi connectivity index (χ4n) is 8.51. The third-order valence-corrected chi connectivity index (χ3v) is 11.5. The lowest BCUT2D eigenvalue weighted by atomic mass is 9.71. The van der Waals surface area contributed by atoms with Crippen LogP contribution in [-0.4, -0.2) is 119 Å². The van der Waals surface area contributed by atoms with Gasteiger partial charge in [0.1, 0.15) is 6.04 Å². The van der Waals surface area contributed by atoms with Gasteiger partial charge in [-0.05, 0) is 62.7 Å². The third-order valence-electron chi connectivity index (χ3n) is 11.1. The summed E-state index contributed by atoms with van der Waals surface area (Å²) in [5.74, 6) is -0.506. The van der Waals surface area contributed by atoms with Crippen molar-refractivity contribution in [3.8, 4) is 0 Å². The van der Waals surface area contributed by atoms with E-state index in [1.54, 1.807) is 0 Å². The number of likely N-dealkylation sites (tertiary alicyclic amines) is 1. The van der Waals surface area contributed by atoms with Crippen LogP contribution in [0.1, 0.15) is 125 Å². The number of hydroxylamine groups is 3. The number of hydrogen-bond donors (Lipinski definition) is 3. The van der Waals surface area contributed by atoms with Crippen LogP contribution in [-0.2, 0) is 24.3 Å². The van der Waals surface area contributed by atoms with E-state index in [-0.39, 0.29) is 18.9 Å². The second kappa shape index (κ2) is 18.3. The molecule has 4 atom stereocenters. The Morgan fingerprint density at radius 3 is 2.02 bits per heavy atom. The quantitative estimate of drug-likeness (QED) is 0.0778. The summed E-state index contributed by atoms with van der Waals surface area (Å²) in [7, 11) is -4.91. The Morgan fingerprint density at radius 1 is 0.959 bits per heavy atom. The number of nitrogens with zero attached hydrogens (tertiary/aromatic N) is 4. The summed E-state index contributed by atoms with van der Waals surface area (Å²) < 4.78 is 37.4. The lowest BCUT2D eigenvalue weighted by molar-refractivity contribution is -0.953. The fraction of sp³-hybridized carbons (Fsp3) is 0.912. The molecule has 3 aliphatic rings. The molecular weight excluding hydrogens is 654 g/mol. The molecule has 49 heavy (non-hydrogen) atoms. The number of carbonyl (C=O) groups is 3. The summed E-state index contributed by atoms with van der Waals surface area (Å²) in [4.78, 5) is 47.5. The number of quaternary nitrogens is 1. The van der Waals surface area contributed by atoms with Gasteiger partial charge in [0, 0.05) is 26.1 Å². The maximum Gasteiger partial charge on any atom is 0.418 e. The predicted molar refractivity (Wildman–Crippen MR) is 185 cm³/mol. The van der Waals surface area contributed by atoms with Gasteiger partial charge in [0.05, 0.1) is 37.8 Å². The Bertz CT molecular complexity index is 1170. The molecule has 0 aromatic carbocycles. The van der Waals surface area contributed by atoms with Gasteiger partial charge >= 0.3 is 22.5 Å². The van der Waals surface area contributed by atoms with E-state index in [0.717, 1.165) is 62.6 Å². The molecule has 2 unspecified atom stereocenters. The first-order valence-corrected chi connectivity index (χ1v) is 20.0. The largest absolute Gasteiger partial charge is 0.465 e. The van der Waals surface area contributed by atoms with Crippen LogP contribution in [0.5, 0.6) is 0 Å². The molecule has 14 nitrogen and oxygen atoms in total. The molecule has 15 heteroatoms. The van der Waals surface area contributed by atoms with Crippen molar-refractivity contribution in [2.75, 3.05) is 39.3 Å². The number of urea groups is 1. The zero-order valence-electron chi connectivity index (χ0n) is 30.8. The number of carboxylic acid groups (broad SMARTS) is 1. The van der Waals surface area contributed by atoms with Gasteiger partial charge in [0.2, 0.25) is 0 Å². The second-order valence-electron chi connectivity index (χ2n) is 15.2. The highest BCUT2D eigenvalue weighted by Gasteiger charge is 2.50. The van der Waals surface area contributed by atoms with Crippen LogP contribution >= 0.6 is 0 Å². The lowest BCUT2D eigenvalue weighted by Crippen LogP contribution is -2.59. The molecule has 3 N–H and O–H groups in total. The van der Waals surface area contributed by atoms with Gasteiger partial charge in [0.25, 0.3) is 5.91 Å². The third kappa shape index (κ3) is 10.9. The first-order valence-electron chi connectivity index (χ1n) is 18.7. The van der Waals surface area contributed by atoms with Crippen molar-refractivity contribution in [2.45, 2.75) is 149 Å². The van der Waals surface area contributed by atoms with E-state index in [4.69, 9.17) is 9.39 Å². The summed E-state index contributed by atoms with van der Waals surface area (Å²) in [6, 6.07) is -1.91. The highest BCUT2D eigenvalue weighted by molar-refractivity contribution is 7.80. The predicted octanol–water partition coefficient (Wildman–Crippen LogP) is 5.60. The highest BCUT2D eigenvalue weighted by Crippen LogP contribution is 2.41. The molecular formula is C34H64N5O9S+. The Balaban J connectivity index is 1.87. The molecule has 3 fully saturated rings. The van der Waals surface area contributed by atoms with Gasteiger partial charge in [-0.3, -0.25) is 14.2 Å². The van der Waals surface area contributed by atoms with Crippen molar-refractivity contribution in [1.29, 1.82) is 0 Å². The maximum absolute atomic E-state index is 13.7. The number of hydrogen-bond acceptors (Lipinski definition) is 7. The summed E-state index contributed by atoms with van der Waals surface area (Å²) in [6.07, 6.45) is 10.4. The summed E-state index contributed by atoms with van der Waals surface area (Å²) in [5.41, 5.74) is 2.32. The molecule has 0 saturated carbocycles. The summed E-state index contributed by atoms with van der Waals surface area (Å²) >= 11 is 0. The number of carbonyl (C=O) groups excluding carboxylic acids is 2. The van der Waals surface area contributed by atoms with Gasteiger partial charge < -0.3 is 19.4 Å². The van der Waals surface area contributed by atoms with Crippen LogP contribution in [0.25, 0.3) is 0 Å². The highest BCUT2D eigenvalue weighted by atomic mass is 32.3. The van der Waals surface area contributed by atoms with Crippen molar-refractivity contribution < 1.29 is 46.1 Å². The van der Waals surface area contributed by atoms with Crippen LogP contribution in [0.15, 0.2) is 0 Å². The Labute approximate surface area is 294 Å². The molecule has 4 amide bonds. The van der Waals surface area contributed by atoms with Crippen molar-refractivity contribution in [2.24, 2.45) is 11.3 Å². The number of fused-ring (bicyclic) bond motifs is 2. The van der Waals surface area contributed by atoms with E-state index < -0.39 is 52.0 Å². The van der Waals surface area contributed by atoms with Crippen LogP contribution in [0.4, 0.5) is 9.59 Å². The second-order valence-corrected chi connectivity index (χ2v) is 16.2. The molecule has 0 radical (unpaired) electrons. The van der Waals surface area contributed by atoms with E-state index in [1.165, 1.54) is 29.1 Å². The summed E-state index contributed by atoms with van der Waals surface area (Å²) in [5, 5.41) is 10.2. The molecule has 0 aliphatic carbocycles. The van der Waals surface area contributed by atoms with Crippen LogP contribution in [0, 0.1) is 11.3 Å². The Kier molecular flexibility index (Phi) is 15.4. The first-order chi connectivity index (χ1) is 23.1. The normalized spacial score (nSPS) is 22.0. The lowest BCUT2D eigenvalue weighted by Gasteiger charge is -2.50. The van der Waals surface area contributed by atoms with Gasteiger partial charge in [-0.1, -0.05) is 67.2 Å². The van der Waals surface area contributed by atoms with Gasteiger partial charge in [-0.2, -0.15) is 13.5 Å². The zero-order chi connectivity index (χ0) is 36.4. The SMILES string of the molecule is CCCC[N+](CCCC)(CCCC)C(CCC)CC(C)(C)C(ONC(=O)[C@@H]1CC[C@@H]2CN1C(=O)N2OS(=O)(=O)O)C1CCN(C(=O)O)CC1. The van der Waals surface area contributed by atoms with Crippen LogP contribution in [0.3, 0.4) is 0 Å². The van der Waals surface area contributed by atoms with E-state index in [2.05, 4.69) is 51.3 Å². The maximum atomic E-state index is 13.7. The topological polar surface area (TPSA) is 166 Å². The molecule has 3 aliphatic heterocycles. The van der Waals surface area contributed by atoms with Crippen LogP contribution in [0.2, 0.25) is 0 Å². The number of unbranched alkanes of at least 4 members (excludes halogenated alkanes) is 3. The molecule has 0 spiro atoms. The van der Waals surface area contributed by atoms with Gasteiger partial charge in [-0.15, -0.1) is 4.28 Å². The number of nitrogens with one attached hydrogen (secondary N) is 1. The minimum absolute atomic E-state index is 0.000177. The number of amides is 4. The van der Waals surface area contributed by atoms with Crippen molar-refractivity contribution in [3.05, 3.63) is 0 Å². The molecule has 3 saturated heterocycles. The first kappa shape index (κ1) is 41.2. The van der Waals surface area contributed by atoms with E-state index in [0.29, 0.717) is 43.5 Å². The van der Waals surface area contributed by atoms with Crippen molar-refractivity contribution >= 4 is 28.4 Å². The van der Waals surface area contributed by atoms with E-state index in [9.17, 15) is 27.9 Å². The minimum Gasteiger partial charge on any atom is -0.465 e. The van der Waals surface area contributed by atoms with Crippen molar-refractivity contribution in [3.63, 3.8) is 0 Å². The monoisotopic (exact) mass is 718 g/mol. The van der Waals surface area contributed by atoms with Gasteiger partial charge in [-0.25, -0.2) is 15.1 Å². The summed E-state index contributed by atoms with van der Waals surface area (Å²) in [6.45, 7) is 17.7. The smallest absolute Gasteiger partial charge is 0.418 e. The zero-order valence-corrected chi connectivity index (χ0v) is 31.6. The average molecular weight is 719 g/mol. The molecule has 0 aromatic rings. The number of rotatable bonds is 21. The molecule has 2 bridgehead atoms. The average Bonchev–Trinajstić information content (AvgIpc) is 3.27. The van der Waals surface area contributed by atoms with E-state index in [1.807, 2.05) is 0 Å². The fourth-order valence-corrected chi connectivity index (χ4v) is 8.90. The molecule has 284 valence electrons. The Hall–Kier alpha value is -2.20. The number of piperidine rings is 2. The van der Waals surface area contributed by atoms with Gasteiger partial charge in [0.15, 0.2) is 0 Å². The molecule has 3 heterocycles.